The van der Waals surface area contributed by atoms with E-state index in [4.69, 9.17) is 5.73 Å². The largest absolute Gasteiger partial charge is 0.399 e. The van der Waals surface area contributed by atoms with Crippen LogP contribution in [0, 0.1) is 0 Å². The molecule has 0 saturated carbocycles. The van der Waals surface area contributed by atoms with Gasteiger partial charge in [-0.05, 0) is 42.2 Å². The van der Waals surface area contributed by atoms with E-state index in [0.717, 1.165) is 25.1 Å². The number of hydrogen-bond acceptors (Lipinski definition) is 2. The summed E-state index contributed by atoms with van der Waals surface area (Å²) < 4.78 is 0. The van der Waals surface area contributed by atoms with E-state index in [1.807, 2.05) is 23.1 Å². The Kier molecular flexibility index (Phi) is 3.77. The molecule has 0 fully saturated rings. The van der Waals surface area contributed by atoms with Gasteiger partial charge in [0.15, 0.2) is 0 Å². The van der Waals surface area contributed by atoms with E-state index in [2.05, 4.69) is 23.5 Å². The van der Waals surface area contributed by atoms with E-state index in [1.54, 1.807) is 12.1 Å². The molecule has 4 heteroatoms. The van der Waals surface area contributed by atoms with Gasteiger partial charge in [0.05, 0.1) is 0 Å². The molecule has 3 N–H and O–H groups in total. The number of carbonyl (C=O) groups excluding carboxylic acids is 1. The Labute approximate surface area is 124 Å². The molecule has 1 heterocycles. The number of hydrogen-bond donors (Lipinski definition) is 2. The number of nitrogens with two attached hydrogens (primary N) is 1. The molecule has 0 radical (unpaired) electrons. The van der Waals surface area contributed by atoms with Crippen LogP contribution in [0.5, 0.6) is 0 Å². The van der Waals surface area contributed by atoms with Crippen molar-refractivity contribution in [3.8, 4) is 0 Å². The van der Waals surface area contributed by atoms with Crippen molar-refractivity contribution >= 4 is 17.4 Å². The number of rotatable bonds is 1. The maximum absolute atomic E-state index is 12.4. The van der Waals surface area contributed by atoms with Crippen LogP contribution >= 0.6 is 0 Å². The minimum Gasteiger partial charge on any atom is -0.399 e. The average Bonchev–Trinajstić information content (AvgIpc) is 2.69. The number of amides is 2. The van der Waals surface area contributed by atoms with Crippen LogP contribution in [0.15, 0.2) is 48.5 Å². The first-order chi connectivity index (χ1) is 10.2. The van der Waals surface area contributed by atoms with Crippen LogP contribution in [0.25, 0.3) is 0 Å². The van der Waals surface area contributed by atoms with E-state index in [-0.39, 0.29) is 6.03 Å². The summed E-state index contributed by atoms with van der Waals surface area (Å²) in [6.45, 7) is 1.42. The summed E-state index contributed by atoms with van der Waals surface area (Å²) in [7, 11) is 0. The van der Waals surface area contributed by atoms with Gasteiger partial charge in [0.1, 0.15) is 0 Å². The summed E-state index contributed by atoms with van der Waals surface area (Å²) in [5.41, 5.74) is 9.70. The Balaban J connectivity index is 1.73. The lowest BCUT2D eigenvalue weighted by Crippen LogP contribution is -2.34. The lowest BCUT2D eigenvalue weighted by atomic mass is 10.0. The Bertz CT molecular complexity index is 654. The van der Waals surface area contributed by atoms with Crippen LogP contribution in [-0.2, 0) is 13.0 Å². The average molecular weight is 281 g/mol. The van der Waals surface area contributed by atoms with Crippen LogP contribution in [0.1, 0.15) is 17.5 Å². The topological polar surface area (TPSA) is 58.4 Å². The third-order valence-corrected chi connectivity index (χ3v) is 3.78. The Hall–Kier alpha value is -2.49. The minimum atomic E-state index is -0.0719. The number of aryl methyl sites for hydroxylation is 1. The van der Waals surface area contributed by atoms with Gasteiger partial charge in [0.2, 0.25) is 0 Å². The molecule has 1 aliphatic heterocycles. The second kappa shape index (κ2) is 5.87. The zero-order valence-electron chi connectivity index (χ0n) is 11.9. The number of carbonyl (C=O) groups is 1. The highest BCUT2D eigenvalue weighted by Gasteiger charge is 2.18. The fraction of sp³-hybridized carbons (Fsp3) is 0.235. The van der Waals surface area contributed by atoms with Crippen LogP contribution < -0.4 is 11.1 Å². The Morgan fingerprint density at radius 1 is 1.10 bits per heavy atom. The summed E-state index contributed by atoms with van der Waals surface area (Å²) >= 11 is 0. The van der Waals surface area contributed by atoms with Gasteiger partial charge in [-0.1, -0.05) is 30.3 Å². The molecule has 1 aliphatic rings. The number of urea groups is 1. The van der Waals surface area contributed by atoms with Gasteiger partial charge in [-0.15, -0.1) is 0 Å². The van der Waals surface area contributed by atoms with Crippen molar-refractivity contribution in [2.75, 3.05) is 17.6 Å². The number of nitrogens with zero attached hydrogens (tertiary/aromatic N) is 1. The molecule has 0 spiro atoms. The fourth-order valence-electron chi connectivity index (χ4n) is 2.69. The van der Waals surface area contributed by atoms with Crippen LogP contribution in [-0.4, -0.2) is 17.5 Å². The van der Waals surface area contributed by atoms with Gasteiger partial charge in [0.25, 0.3) is 0 Å². The smallest absolute Gasteiger partial charge is 0.322 e. The van der Waals surface area contributed by atoms with Gasteiger partial charge in [0, 0.05) is 24.5 Å². The van der Waals surface area contributed by atoms with Crippen molar-refractivity contribution < 1.29 is 4.79 Å². The van der Waals surface area contributed by atoms with Crippen molar-refractivity contribution in [1.29, 1.82) is 0 Å². The monoisotopic (exact) mass is 281 g/mol. The SMILES string of the molecule is Nc1cccc(NC(=O)N2CCCc3ccccc3C2)c1. The lowest BCUT2D eigenvalue weighted by Gasteiger charge is -2.21. The summed E-state index contributed by atoms with van der Waals surface area (Å²) in [6.07, 6.45) is 2.01. The van der Waals surface area contributed by atoms with Crippen molar-refractivity contribution in [2.45, 2.75) is 19.4 Å². The molecule has 0 bridgehead atoms. The molecule has 0 aromatic heterocycles. The van der Waals surface area contributed by atoms with Crippen molar-refractivity contribution in [3.63, 3.8) is 0 Å². The predicted octanol–water partition coefficient (Wildman–Crippen LogP) is 3.25. The highest BCUT2D eigenvalue weighted by molar-refractivity contribution is 5.89. The number of nitrogen functional groups attached to an aromatic ring is 1. The zero-order chi connectivity index (χ0) is 14.7. The van der Waals surface area contributed by atoms with Crippen molar-refractivity contribution in [3.05, 3.63) is 59.7 Å². The Morgan fingerprint density at radius 2 is 1.90 bits per heavy atom. The van der Waals surface area contributed by atoms with E-state index < -0.39 is 0 Å². The first-order valence-corrected chi connectivity index (χ1v) is 7.20. The first kappa shape index (κ1) is 13.5. The Morgan fingerprint density at radius 3 is 2.71 bits per heavy atom. The third kappa shape index (κ3) is 3.16. The fourth-order valence-corrected chi connectivity index (χ4v) is 2.69. The summed E-state index contributed by atoms with van der Waals surface area (Å²) in [4.78, 5) is 14.3. The highest BCUT2D eigenvalue weighted by atomic mass is 16.2. The molecule has 21 heavy (non-hydrogen) atoms. The van der Waals surface area contributed by atoms with E-state index in [1.165, 1.54) is 11.1 Å². The van der Waals surface area contributed by atoms with E-state index in [9.17, 15) is 4.79 Å². The number of fused-ring (bicyclic) bond motifs is 1. The van der Waals surface area contributed by atoms with Crippen LogP contribution in [0.4, 0.5) is 16.2 Å². The lowest BCUT2D eigenvalue weighted by molar-refractivity contribution is 0.210. The summed E-state index contributed by atoms with van der Waals surface area (Å²) in [6, 6.07) is 15.5. The zero-order valence-corrected chi connectivity index (χ0v) is 11.9. The van der Waals surface area contributed by atoms with Gasteiger partial charge in [-0.3, -0.25) is 0 Å². The second-order valence-corrected chi connectivity index (χ2v) is 5.35. The van der Waals surface area contributed by atoms with Gasteiger partial charge in [-0.2, -0.15) is 0 Å². The molecular formula is C17H19N3O. The molecule has 0 saturated heterocycles. The highest BCUT2D eigenvalue weighted by Crippen LogP contribution is 2.19. The quantitative estimate of drug-likeness (QED) is 0.788. The van der Waals surface area contributed by atoms with Crippen LogP contribution in [0.2, 0.25) is 0 Å². The first-order valence-electron chi connectivity index (χ1n) is 7.20. The van der Waals surface area contributed by atoms with E-state index in [0.29, 0.717) is 12.2 Å². The molecule has 3 rings (SSSR count). The van der Waals surface area contributed by atoms with E-state index >= 15 is 0 Å². The van der Waals surface area contributed by atoms with Crippen LogP contribution in [0.3, 0.4) is 0 Å². The number of nitrogens with one attached hydrogen (secondary N) is 1. The predicted molar refractivity (Wildman–Crippen MR) is 85.0 cm³/mol. The molecule has 0 aliphatic carbocycles. The van der Waals surface area contributed by atoms with Gasteiger partial charge < -0.3 is 16.0 Å². The molecule has 108 valence electrons. The maximum Gasteiger partial charge on any atom is 0.322 e. The van der Waals surface area contributed by atoms with Gasteiger partial charge >= 0.3 is 6.03 Å². The van der Waals surface area contributed by atoms with Crippen molar-refractivity contribution in [2.24, 2.45) is 0 Å². The minimum absolute atomic E-state index is 0.0719. The summed E-state index contributed by atoms with van der Waals surface area (Å²) in [5, 5.41) is 2.92. The molecule has 2 aromatic carbocycles. The third-order valence-electron chi connectivity index (χ3n) is 3.78. The molecule has 4 nitrogen and oxygen atoms in total. The van der Waals surface area contributed by atoms with Crippen molar-refractivity contribution in [1.82, 2.24) is 4.90 Å². The van der Waals surface area contributed by atoms with Gasteiger partial charge in [-0.25, -0.2) is 4.79 Å². The summed E-state index contributed by atoms with van der Waals surface area (Å²) in [5.74, 6) is 0. The molecule has 2 amide bonds. The second-order valence-electron chi connectivity index (χ2n) is 5.35. The standard InChI is InChI=1S/C17H19N3O/c18-15-8-3-9-16(11-15)19-17(21)20-10-4-7-13-5-1-2-6-14(13)12-20/h1-3,5-6,8-9,11H,4,7,10,12,18H2,(H,19,21). The number of anilines is 2. The molecule has 0 atom stereocenters. The number of benzene rings is 2. The normalized spacial score (nSPS) is 14.2. The molecule has 0 unspecified atom stereocenters. The maximum atomic E-state index is 12.4. The molecule has 2 aromatic rings. The molecular weight excluding hydrogens is 262 g/mol.